The molecule has 0 bridgehead atoms. The van der Waals surface area contributed by atoms with E-state index in [9.17, 15) is 4.79 Å². The number of ether oxygens (including phenoxy) is 2. The van der Waals surface area contributed by atoms with Crippen molar-refractivity contribution in [1.82, 2.24) is 10.2 Å². The molecule has 2 aliphatic heterocycles. The van der Waals surface area contributed by atoms with Crippen LogP contribution in [0.1, 0.15) is 106 Å². The van der Waals surface area contributed by atoms with Crippen molar-refractivity contribution in [3.63, 3.8) is 0 Å². The monoisotopic (exact) mass is 717 g/mol. The number of carbonyl (C=O) groups excluding carboxylic acids is 1. The highest BCUT2D eigenvalue weighted by atomic mass is 35.5. The van der Waals surface area contributed by atoms with Crippen LogP contribution in [0.3, 0.4) is 0 Å². The topological polar surface area (TPSA) is 54.0 Å². The van der Waals surface area contributed by atoms with Gasteiger partial charge in [0.1, 0.15) is 18.0 Å². The number of likely N-dealkylation sites (tertiary alicyclic amines) is 1. The minimum absolute atomic E-state index is 0.0746. The van der Waals surface area contributed by atoms with Crippen LogP contribution in [-0.2, 0) is 17.8 Å². The van der Waals surface area contributed by atoms with Crippen molar-refractivity contribution in [3.8, 4) is 5.75 Å². The van der Waals surface area contributed by atoms with Crippen molar-refractivity contribution >= 4 is 23.2 Å². The highest BCUT2D eigenvalue weighted by Gasteiger charge is 2.48. The Labute approximate surface area is 313 Å². The lowest BCUT2D eigenvalue weighted by molar-refractivity contribution is -0.0986. The minimum atomic E-state index is -0.320. The maximum Gasteiger partial charge on any atom is 0.251 e. The number of rotatable bonds is 11. The molecule has 280 valence electrons. The predicted molar refractivity (Wildman–Crippen MR) is 211 cm³/mol. The van der Waals surface area contributed by atoms with Crippen LogP contribution in [0.2, 0.25) is 5.02 Å². The minimum Gasteiger partial charge on any atom is -0.487 e. The second-order valence-electron chi connectivity index (χ2n) is 16.7. The van der Waals surface area contributed by atoms with Crippen LogP contribution in [0.15, 0.2) is 48.6 Å². The number of allylic oxidation sites excluding steroid dienone is 1. The Kier molecular flexibility index (Phi) is 13.1. The van der Waals surface area contributed by atoms with Gasteiger partial charge in [-0.05, 0) is 135 Å². The molecule has 1 saturated heterocycles. The molecule has 6 atom stereocenters. The van der Waals surface area contributed by atoms with Gasteiger partial charge in [-0.25, -0.2) is 0 Å². The van der Waals surface area contributed by atoms with E-state index >= 15 is 0 Å². The van der Waals surface area contributed by atoms with Gasteiger partial charge in [-0.2, -0.15) is 0 Å². The second kappa shape index (κ2) is 17.5. The number of hydrogen-bond acceptors (Lipinski definition) is 5. The lowest BCUT2D eigenvalue weighted by atomic mass is 9.63. The number of hydrogen-bond donors (Lipinski definition) is 1. The highest BCUT2D eigenvalue weighted by Crippen LogP contribution is 2.47. The maximum absolute atomic E-state index is 12.9. The molecule has 2 saturated carbocycles. The van der Waals surface area contributed by atoms with Crippen molar-refractivity contribution in [2.24, 2.45) is 35.5 Å². The molecule has 6 rings (SSSR count). The number of aryl methyl sites for hydroxylation is 1. The van der Waals surface area contributed by atoms with Crippen molar-refractivity contribution < 1.29 is 14.3 Å². The first-order chi connectivity index (χ1) is 24.7. The lowest BCUT2D eigenvalue weighted by Gasteiger charge is -2.52. The number of anilines is 1. The van der Waals surface area contributed by atoms with Crippen molar-refractivity contribution in [2.75, 3.05) is 51.8 Å². The van der Waals surface area contributed by atoms with E-state index in [2.05, 4.69) is 60.2 Å². The zero-order valence-electron chi connectivity index (χ0n) is 32.1. The number of piperidine rings is 1. The van der Waals surface area contributed by atoms with E-state index < -0.39 is 0 Å². The van der Waals surface area contributed by atoms with Crippen LogP contribution >= 0.6 is 11.6 Å². The fourth-order valence-electron chi connectivity index (χ4n) is 9.44. The summed E-state index contributed by atoms with van der Waals surface area (Å²) in [5.74, 6) is 4.71. The smallest absolute Gasteiger partial charge is 0.251 e. The van der Waals surface area contributed by atoms with Crippen LogP contribution in [-0.4, -0.2) is 63.3 Å². The third-order valence-electron chi connectivity index (χ3n) is 13.2. The molecule has 2 aromatic rings. The predicted octanol–water partition coefficient (Wildman–Crippen LogP) is 9.58. The van der Waals surface area contributed by atoms with E-state index in [4.69, 9.17) is 21.1 Å². The molecular weight excluding hydrogens is 654 g/mol. The first-order valence-corrected chi connectivity index (χ1v) is 20.5. The van der Waals surface area contributed by atoms with Gasteiger partial charge in [0, 0.05) is 50.9 Å². The SMILES string of the molecule is CNC(=O)c1ccc2c(c1)N(C[C@@H]1CC[C@H]1[C@](/C=C/C[C@H](C)C(C)C)(CN1CCC3CCCC[C@H]3C1)OC)CCCCc1cc(Cl)ccc1CO2. The first kappa shape index (κ1) is 38.2. The zero-order valence-corrected chi connectivity index (χ0v) is 32.9. The lowest BCUT2D eigenvalue weighted by Crippen LogP contribution is -2.57. The van der Waals surface area contributed by atoms with Crippen LogP contribution in [0.5, 0.6) is 5.75 Å². The van der Waals surface area contributed by atoms with E-state index in [1.807, 2.05) is 31.4 Å². The van der Waals surface area contributed by atoms with Crippen LogP contribution in [0, 0.1) is 35.5 Å². The highest BCUT2D eigenvalue weighted by molar-refractivity contribution is 6.30. The van der Waals surface area contributed by atoms with Gasteiger partial charge in [0.15, 0.2) is 0 Å². The van der Waals surface area contributed by atoms with Crippen LogP contribution in [0.4, 0.5) is 5.69 Å². The summed E-state index contributed by atoms with van der Waals surface area (Å²) in [5, 5.41) is 3.60. The third kappa shape index (κ3) is 9.16. The Hall–Kier alpha value is -2.54. The number of halogens is 1. The van der Waals surface area contributed by atoms with E-state index in [1.54, 1.807) is 7.05 Å². The Bertz CT molecular complexity index is 1490. The fourth-order valence-corrected chi connectivity index (χ4v) is 9.63. The number of methoxy groups -OCH3 is 1. The number of fused-ring (bicyclic) bond motifs is 3. The summed E-state index contributed by atoms with van der Waals surface area (Å²) in [4.78, 5) is 18.2. The van der Waals surface area contributed by atoms with Crippen molar-refractivity contribution in [3.05, 3.63) is 70.3 Å². The summed E-state index contributed by atoms with van der Waals surface area (Å²) in [7, 11) is 3.67. The van der Waals surface area contributed by atoms with E-state index in [1.165, 1.54) is 69.2 Å². The summed E-state index contributed by atoms with van der Waals surface area (Å²) < 4.78 is 13.4. The summed E-state index contributed by atoms with van der Waals surface area (Å²) >= 11 is 6.43. The molecule has 1 N–H and O–H groups in total. The quantitative estimate of drug-likeness (QED) is 0.235. The number of amides is 1. The van der Waals surface area contributed by atoms with Crippen LogP contribution in [0.25, 0.3) is 0 Å². The first-order valence-electron chi connectivity index (χ1n) is 20.2. The zero-order chi connectivity index (χ0) is 36.0. The van der Waals surface area contributed by atoms with Gasteiger partial charge in [0.05, 0.1) is 5.69 Å². The molecule has 7 heteroatoms. The largest absolute Gasteiger partial charge is 0.487 e. The number of carbonyl (C=O) groups is 1. The maximum atomic E-state index is 12.9. The van der Waals surface area contributed by atoms with Crippen LogP contribution < -0.4 is 15.0 Å². The summed E-state index contributed by atoms with van der Waals surface area (Å²) in [6.07, 6.45) is 18.4. The Morgan fingerprint density at radius 3 is 2.57 bits per heavy atom. The van der Waals surface area contributed by atoms with Crippen molar-refractivity contribution in [1.29, 1.82) is 0 Å². The molecule has 0 radical (unpaired) electrons. The molecule has 6 nitrogen and oxygen atoms in total. The van der Waals surface area contributed by atoms with Gasteiger partial charge < -0.3 is 19.7 Å². The fraction of sp³-hybridized carbons (Fsp3) is 0.659. The van der Waals surface area contributed by atoms with E-state index in [-0.39, 0.29) is 11.5 Å². The molecule has 0 spiro atoms. The molecule has 0 aromatic heterocycles. The van der Waals surface area contributed by atoms with Gasteiger partial charge in [-0.3, -0.25) is 9.69 Å². The van der Waals surface area contributed by atoms with Crippen molar-refractivity contribution in [2.45, 2.75) is 104 Å². The average Bonchev–Trinajstić information content (AvgIpc) is 3.15. The van der Waals surface area contributed by atoms with Gasteiger partial charge in [0.2, 0.25) is 0 Å². The molecule has 4 aliphatic rings. The number of nitrogens with zero attached hydrogens (tertiary/aromatic N) is 2. The Balaban J connectivity index is 1.27. The average molecular weight is 718 g/mol. The molecular formula is C44H64ClN3O3. The molecule has 2 heterocycles. The molecule has 2 aromatic carbocycles. The molecule has 1 amide bonds. The standard InChI is InChI=1S/C44H64ClN3O3/c1-31(2)32(3)11-10-22-44(50-5,30-47-24-21-33-12-6-7-14-36(33)27-47)40-19-16-37(40)28-48-23-9-8-13-34-25-39(45)18-15-38(34)29-51-42-20-17-35(26-41(42)48)43(49)46-4/h10,15,17-18,20,22,25-26,31-33,36-37,40H,6-9,11-14,16,19,21,23-24,27-30H2,1-5H3,(H,46,49)/b22-10+/t32-,33?,36-,37-,40+,44-/m0/s1. The van der Waals surface area contributed by atoms with E-state index in [0.29, 0.717) is 35.8 Å². The van der Waals surface area contributed by atoms with Gasteiger partial charge in [-0.15, -0.1) is 0 Å². The summed E-state index contributed by atoms with van der Waals surface area (Å²) in [5.41, 5.74) is 3.80. The molecule has 3 fully saturated rings. The Morgan fingerprint density at radius 2 is 1.82 bits per heavy atom. The van der Waals surface area contributed by atoms with Gasteiger partial charge in [0.25, 0.3) is 5.91 Å². The van der Waals surface area contributed by atoms with E-state index in [0.717, 1.165) is 73.6 Å². The second-order valence-corrected chi connectivity index (χ2v) is 17.1. The summed E-state index contributed by atoms with van der Waals surface area (Å²) in [6, 6.07) is 12.1. The summed E-state index contributed by atoms with van der Waals surface area (Å²) in [6.45, 7) is 12.7. The number of nitrogens with one attached hydrogen (secondary N) is 1. The normalized spacial score (nSPS) is 26.1. The third-order valence-corrected chi connectivity index (χ3v) is 13.5. The van der Waals surface area contributed by atoms with Gasteiger partial charge >= 0.3 is 0 Å². The molecule has 51 heavy (non-hydrogen) atoms. The molecule has 1 unspecified atom stereocenters. The molecule has 2 aliphatic carbocycles. The van der Waals surface area contributed by atoms with Gasteiger partial charge in [-0.1, -0.05) is 69.9 Å². The number of benzene rings is 2. The Morgan fingerprint density at radius 1 is 1.00 bits per heavy atom.